The molecule has 0 aliphatic heterocycles. The van der Waals surface area contributed by atoms with Gasteiger partial charge in [0.1, 0.15) is 17.9 Å². The Bertz CT molecular complexity index is 1020. The second-order valence-corrected chi connectivity index (χ2v) is 6.11. The van der Waals surface area contributed by atoms with Crippen molar-refractivity contribution >= 4 is 22.6 Å². The molecule has 0 spiro atoms. The molecule has 1 heterocycles. The predicted octanol–water partition coefficient (Wildman–Crippen LogP) is 3.75. The summed E-state index contributed by atoms with van der Waals surface area (Å²) in [5, 5.41) is 10.5. The molecule has 7 nitrogen and oxygen atoms in total. The fourth-order valence-electron chi connectivity index (χ4n) is 2.71. The van der Waals surface area contributed by atoms with E-state index in [9.17, 15) is 18.0 Å². The molecule has 2 aromatic carbocycles. The number of hydrogen-bond donors (Lipinski definition) is 1. The summed E-state index contributed by atoms with van der Waals surface area (Å²) in [6, 6.07) is 7.69. The number of anilines is 1. The number of amides is 1. The first-order valence-corrected chi connectivity index (χ1v) is 8.81. The first-order chi connectivity index (χ1) is 13.8. The average Bonchev–Trinajstić information content (AvgIpc) is 3.10. The van der Waals surface area contributed by atoms with Gasteiger partial charge in [-0.2, -0.15) is 13.2 Å². The van der Waals surface area contributed by atoms with Gasteiger partial charge < -0.3 is 14.8 Å². The molecule has 0 unspecified atom stereocenters. The van der Waals surface area contributed by atoms with E-state index < -0.39 is 17.6 Å². The lowest BCUT2D eigenvalue weighted by molar-refractivity contribution is -0.137. The highest BCUT2D eigenvalue weighted by atomic mass is 19.4. The number of carbonyl (C=O) groups excluding carboxylic acids is 1. The standard InChI is InChI=1S/C19H19F3N4O3/c1-3-26-16-6-4-12(10-14(16)24-25-26)18(27)23-15-11-13(19(20,21)22)5-7-17(15)29-9-8-28-2/h4-7,10-11H,3,8-9H2,1-2H3,(H,23,27). The Morgan fingerprint density at radius 1 is 1.17 bits per heavy atom. The molecule has 29 heavy (non-hydrogen) atoms. The number of fused-ring (bicyclic) bond motifs is 1. The largest absolute Gasteiger partial charge is 0.489 e. The van der Waals surface area contributed by atoms with Crippen molar-refractivity contribution in [3.8, 4) is 5.75 Å². The third-order valence-electron chi connectivity index (χ3n) is 4.18. The van der Waals surface area contributed by atoms with Gasteiger partial charge in [0.25, 0.3) is 5.91 Å². The van der Waals surface area contributed by atoms with Gasteiger partial charge in [0.05, 0.1) is 23.4 Å². The Morgan fingerprint density at radius 2 is 1.97 bits per heavy atom. The maximum Gasteiger partial charge on any atom is 0.416 e. The van der Waals surface area contributed by atoms with Crippen molar-refractivity contribution in [3.05, 3.63) is 47.5 Å². The molecular formula is C19H19F3N4O3. The van der Waals surface area contributed by atoms with Crippen LogP contribution in [-0.2, 0) is 17.5 Å². The Balaban J connectivity index is 1.89. The average molecular weight is 408 g/mol. The fourth-order valence-corrected chi connectivity index (χ4v) is 2.71. The SMILES string of the molecule is CCn1nnc2cc(C(=O)Nc3cc(C(F)(F)F)ccc3OCCOC)ccc21. The zero-order valence-corrected chi connectivity index (χ0v) is 15.8. The van der Waals surface area contributed by atoms with Crippen molar-refractivity contribution in [3.63, 3.8) is 0 Å². The summed E-state index contributed by atoms with van der Waals surface area (Å²) >= 11 is 0. The van der Waals surface area contributed by atoms with Crippen LogP contribution in [0.2, 0.25) is 0 Å². The normalized spacial score (nSPS) is 11.6. The molecule has 1 N–H and O–H groups in total. The van der Waals surface area contributed by atoms with Crippen LogP contribution in [-0.4, -0.2) is 41.2 Å². The van der Waals surface area contributed by atoms with Crippen LogP contribution in [0.15, 0.2) is 36.4 Å². The molecule has 0 atom stereocenters. The van der Waals surface area contributed by atoms with Gasteiger partial charge >= 0.3 is 6.18 Å². The smallest absolute Gasteiger partial charge is 0.416 e. The number of aromatic nitrogens is 3. The van der Waals surface area contributed by atoms with Crippen molar-refractivity contribution in [2.24, 2.45) is 0 Å². The van der Waals surface area contributed by atoms with Crippen LogP contribution >= 0.6 is 0 Å². The number of nitrogens with zero attached hydrogens (tertiary/aromatic N) is 3. The van der Waals surface area contributed by atoms with E-state index in [0.29, 0.717) is 12.1 Å². The molecule has 1 aromatic heterocycles. The number of alkyl halides is 3. The summed E-state index contributed by atoms with van der Waals surface area (Å²) < 4.78 is 51.2. The lowest BCUT2D eigenvalue weighted by Gasteiger charge is -2.15. The molecule has 0 radical (unpaired) electrons. The molecule has 0 aliphatic rings. The fraction of sp³-hybridized carbons (Fsp3) is 0.316. The van der Waals surface area contributed by atoms with E-state index in [1.165, 1.54) is 19.2 Å². The van der Waals surface area contributed by atoms with Gasteiger partial charge in [-0.15, -0.1) is 5.10 Å². The van der Waals surface area contributed by atoms with Crippen molar-refractivity contribution in [1.82, 2.24) is 15.0 Å². The number of halogens is 3. The van der Waals surface area contributed by atoms with Gasteiger partial charge in [-0.05, 0) is 43.3 Å². The van der Waals surface area contributed by atoms with Crippen LogP contribution in [0, 0.1) is 0 Å². The van der Waals surface area contributed by atoms with Crippen LogP contribution in [0.25, 0.3) is 11.0 Å². The predicted molar refractivity (Wildman–Crippen MR) is 100.0 cm³/mol. The maximum atomic E-state index is 13.1. The molecule has 3 rings (SSSR count). The number of methoxy groups -OCH3 is 1. The van der Waals surface area contributed by atoms with Gasteiger partial charge in [-0.25, -0.2) is 4.68 Å². The van der Waals surface area contributed by atoms with Crippen molar-refractivity contribution in [2.45, 2.75) is 19.6 Å². The molecule has 1 amide bonds. The number of hydrogen-bond acceptors (Lipinski definition) is 5. The monoisotopic (exact) mass is 408 g/mol. The maximum absolute atomic E-state index is 13.1. The van der Waals surface area contributed by atoms with Gasteiger partial charge in [0.15, 0.2) is 0 Å². The minimum atomic E-state index is -4.55. The van der Waals surface area contributed by atoms with Crippen molar-refractivity contribution in [1.29, 1.82) is 0 Å². The first kappa shape index (κ1) is 20.6. The zero-order chi connectivity index (χ0) is 21.0. The second-order valence-electron chi connectivity index (χ2n) is 6.11. The van der Waals surface area contributed by atoms with Crippen LogP contribution in [0.1, 0.15) is 22.8 Å². The van der Waals surface area contributed by atoms with Crippen LogP contribution < -0.4 is 10.1 Å². The van der Waals surface area contributed by atoms with E-state index in [2.05, 4.69) is 15.6 Å². The lowest BCUT2D eigenvalue weighted by Crippen LogP contribution is -2.15. The topological polar surface area (TPSA) is 78.3 Å². The molecule has 3 aromatic rings. The Morgan fingerprint density at radius 3 is 2.66 bits per heavy atom. The van der Waals surface area contributed by atoms with E-state index in [-0.39, 0.29) is 30.2 Å². The Labute approximate surface area is 164 Å². The third-order valence-corrected chi connectivity index (χ3v) is 4.18. The van der Waals surface area contributed by atoms with Crippen molar-refractivity contribution < 1.29 is 27.4 Å². The molecule has 0 aliphatic carbocycles. The molecular weight excluding hydrogens is 389 g/mol. The van der Waals surface area contributed by atoms with E-state index in [4.69, 9.17) is 9.47 Å². The van der Waals surface area contributed by atoms with E-state index in [1.54, 1.807) is 16.8 Å². The van der Waals surface area contributed by atoms with Crippen molar-refractivity contribution in [2.75, 3.05) is 25.6 Å². The number of nitrogens with one attached hydrogen (secondary N) is 1. The van der Waals surface area contributed by atoms with Crippen LogP contribution in [0.5, 0.6) is 5.75 Å². The van der Waals surface area contributed by atoms with Gasteiger partial charge in [0, 0.05) is 19.2 Å². The first-order valence-electron chi connectivity index (χ1n) is 8.81. The second kappa shape index (κ2) is 8.48. The highest BCUT2D eigenvalue weighted by Crippen LogP contribution is 2.35. The number of aryl methyl sites for hydroxylation is 1. The lowest BCUT2D eigenvalue weighted by atomic mass is 10.1. The highest BCUT2D eigenvalue weighted by Gasteiger charge is 2.31. The summed E-state index contributed by atoms with van der Waals surface area (Å²) in [7, 11) is 1.48. The number of carbonyl (C=O) groups is 1. The molecule has 0 saturated heterocycles. The van der Waals surface area contributed by atoms with E-state index in [0.717, 1.165) is 17.6 Å². The quantitative estimate of drug-likeness (QED) is 0.603. The minimum absolute atomic E-state index is 0.0850. The van der Waals surface area contributed by atoms with Gasteiger partial charge in [0.2, 0.25) is 0 Å². The number of benzene rings is 2. The summed E-state index contributed by atoms with van der Waals surface area (Å²) in [4.78, 5) is 12.6. The summed E-state index contributed by atoms with van der Waals surface area (Å²) in [5.74, 6) is -0.477. The molecule has 0 bridgehead atoms. The van der Waals surface area contributed by atoms with E-state index >= 15 is 0 Å². The zero-order valence-electron chi connectivity index (χ0n) is 15.8. The summed E-state index contributed by atoms with van der Waals surface area (Å²) in [5.41, 5.74) is 0.527. The molecule has 154 valence electrons. The highest BCUT2D eigenvalue weighted by molar-refractivity contribution is 6.06. The number of rotatable bonds is 7. The van der Waals surface area contributed by atoms with Gasteiger partial charge in [-0.3, -0.25) is 4.79 Å². The number of ether oxygens (including phenoxy) is 2. The molecule has 10 heteroatoms. The Hall–Kier alpha value is -3.14. The van der Waals surface area contributed by atoms with E-state index in [1.807, 2.05) is 6.92 Å². The Kier molecular flexibility index (Phi) is 6.02. The van der Waals surface area contributed by atoms with Gasteiger partial charge in [-0.1, -0.05) is 5.21 Å². The van der Waals surface area contributed by atoms with Crippen LogP contribution in [0.3, 0.4) is 0 Å². The molecule has 0 saturated carbocycles. The third kappa shape index (κ3) is 4.65. The summed E-state index contributed by atoms with van der Waals surface area (Å²) in [6.07, 6.45) is -4.55. The molecule has 0 fully saturated rings. The summed E-state index contributed by atoms with van der Waals surface area (Å²) in [6.45, 7) is 2.90. The van der Waals surface area contributed by atoms with Crippen LogP contribution in [0.4, 0.5) is 18.9 Å². The minimum Gasteiger partial charge on any atom is -0.489 e.